The lowest BCUT2D eigenvalue weighted by atomic mass is 9.97. The van der Waals surface area contributed by atoms with Crippen LogP contribution in [-0.4, -0.2) is 37.3 Å². The molecule has 1 aliphatic heterocycles. The number of Topliss-reactive ketones (excluding diaryl/α,β-unsaturated/α-hetero) is 1. The van der Waals surface area contributed by atoms with Gasteiger partial charge in [0, 0.05) is 20.9 Å². The maximum Gasteiger partial charge on any atom is 0.308 e. The molecule has 0 saturated carbocycles. The summed E-state index contributed by atoms with van der Waals surface area (Å²) in [5, 5.41) is 19.4. The van der Waals surface area contributed by atoms with Gasteiger partial charge in [0.15, 0.2) is 11.6 Å². The van der Waals surface area contributed by atoms with Crippen LogP contribution in [0.4, 0.5) is 0 Å². The van der Waals surface area contributed by atoms with Crippen LogP contribution in [0, 0.1) is 26.7 Å². The van der Waals surface area contributed by atoms with Crippen LogP contribution in [-0.2, 0) is 4.79 Å². The summed E-state index contributed by atoms with van der Waals surface area (Å²) >= 11 is 3.12. The van der Waals surface area contributed by atoms with Crippen molar-refractivity contribution in [3.8, 4) is 15.4 Å². The summed E-state index contributed by atoms with van der Waals surface area (Å²) < 4.78 is 1.96. The maximum absolute atomic E-state index is 12.0. The largest absolute Gasteiger partial charge is 0.481 e. The van der Waals surface area contributed by atoms with E-state index in [1.54, 1.807) is 25.2 Å². The maximum atomic E-state index is 12.0. The monoisotopic (exact) mass is 504 g/mol. The van der Waals surface area contributed by atoms with E-state index in [1.165, 1.54) is 16.2 Å². The predicted octanol–water partition coefficient (Wildman–Crippen LogP) is 5.80. The highest BCUT2D eigenvalue weighted by atomic mass is 32.1. The van der Waals surface area contributed by atoms with Crippen molar-refractivity contribution < 1.29 is 14.7 Å². The van der Waals surface area contributed by atoms with Crippen molar-refractivity contribution >= 4 is 40.1 Å². The minimum Gasteiger partial charge on any atom is -0.481 e. The molecule has 1 aliphatic rings. The van der Waals surface area contributed by atoms with Gasteiger partial charge in [-0.15, -0.1) is 32.9 Å². The number of ketones is 1. The van der Waals surface area contributed by atoms with Crippen LogP contribution >= 0.6 is 22.7 Å². The van der Waals surface area contributed by atoms with Crippen molar-refractivity contribution in [2.24, 2.45) is 10.9 Å². The van der Waals surface area contributed by atoms with E-state index in [0.29, 0.717) is 11.6 Å². The van der Waals surface area contributed by atoms with E-state index in [-0.39, 0.29) is 5.78 Å². The van der Waals surface area contributed by atoms with E-state index < -0.39 is 17.9 Å². The molecule has 3 aromatic heterocycles. The molecule has 4 aromatic rings. The number of fused-ring (bicyclic) bond motifs is 3. The zero-order chi connectivity index (χ0) is 25.0. The van der Waals surface area contributed by atoms with Crippen LogP contribution in [0.25, 0.3) is 15.4 Å². The first-order valence-electron chi connectivity index (χ1n) is 11.2. The van der Waals surface area contributed by atoms with Crippen molar-refractivity contribution in [2.75, 3.05) is 0 Å². The van der Waals surface area contributed by atoms with E-state index in [1.807, 2.05) is 47.9 Å². The molecule has 1 aromatic carbocycles. The lowest BCUT2D eigenvalue weighted by molar-refractivity contribution is -0.141. The Morgan fingerprint density at radius 3 is 2.31 bits per heavy atom. The standard InChI is InChI=1S/C26H24N4O3S2/c1-12-15(4)34-25-21(12)23(27-22(13(2)26(32)33)24-29-28-16(5)30(24)25)18-8-6-17(7-9-18)20-11-10-19(35-20)14(3)31/h6-11,13,22H,1-5H3,(H,32,33)/t13?,22-/m0/s1. The average molecular weight is 505 g/mol. The van der Waals surface area contributed by atoms with Gasteiger partial charge >= 0.3 is 5.97 Å². The Labute approximate surface area is 210 Å². The van der Waals surface area contributed by atoms with Gasteiger partial charge < -0.3 is 5.11 Å². The van der Waals surface area contributed by atoms with Gasteiger partial charge in [0.1, 0.15) is 16.9 Å². The van der Waals surface area contributed by atoms with Crippen molar-refractivity contribution in [3.05, 3.63) is 74.5 Å². The summed E-state index contributed by atoms with van der Waals surface area (Å²) in [6, 6.07) is 11.2. The van der Waals surface area contributed by atoms with E-state index in [2.05, 4.69) is 24.0 Å². The molecule has 1 unspecified atom stereocenters. The fourth-order valence-electron chi connectivity index (χ4n) is 4.29. The average Bonchev–Trinajstić information content (AvgIpc) is 3.51. The van der Waals surface area contributed by atoms with Crippen LogP contribution < -0.4 is 0 Å². The third-order valence-corrected chi connectivity index (χ3v) is 8.88. The van der Waals surface area contributed by atoms with Crippen LogP contribution in [0.5, 0.6) is 0 Å². The second-order valence-electron chi connectivity index (χ2n) is 8.75. The van der Waals surface area contributed by atoms with Gasteiger partial charge in [0.2, 0.25) is 0 Å². The molecule has 5 rings (SSSR count). The second kappa shape index (κ2) is 8.66. The molecule has 0 spiro atoms. The Bertz CT molecular complexity index is 1510. The molecular weight excluding hydrogens is 480 g/mol. The third-order valence-electron chi connectivity index (χ3n) is 6.45. The van der Waals surface area contributed by atoms with Gasteiger partial charge in [0.25, 0.3) is 0 Å². The predicted molar refractivity (Wildman–Crippen MR) is 138 cm³/mol. The highest BCUT2D eigenvalue weighted by Crippen LogP contribution is 2.41. The summed E-state index contributed by atoms with van der Waals surface area (Å²) in [6.45, 7) is 9.26. The van der Waals surface area contributed by atoms with E-state index in [0.717, 1.165) is 42.7 Å². The number of hydrogen-bond acceptors (Lipinski definition) is 7. The Hall–Kier alpha value is -3.43. The van der Waals surface area contributed by atoms with Crippen LogP contribution in [0.2, 0.25) is 0 Å². The lowest BCUT2D eigenvalue weighted by Gasteiger charge is -2.16. The smallest absolute Gasteiger partial charge is 0.308 e. The number of carboxylic acid groups (broad SMARTS) is 1. The van der Waals surface area contributed by atoms with Crippen molar-refractivity contribution in [1.82, 2.24) is 14.8 Å². The number of carboxylic acids is 1. The molecule has 0 bridgehead atoms. The summed E-state index contributed by atoms with van der Waals surface area (Å²) in [5.41, 5.74) is 4.77. The van der Waals surface area contributed by atoms with Gasteiger partial charge in [-0.05, 0) is 57.9 Å². The molecule has 4 heterocycles. The number of nitrogens with zero attached hydrogens (tertiary/aromatic N) is 4. The molecule has 7 nitrogen and oxygen atoms in total. The SMILES string of the molecule is CC(=O)c1ccc(-c2ccc(C3=N[C@@H](C(C)C(=O)O)c4nnc(C)n4-c4sc(C)c(C)c43)cc2)s1. The number of thiophene rings is 2. The first-order valence-corrected chi connectivity index (χ1v) is 12.9. The van der Waals surface area contributed by atoms with Gasteiger partial charge in [0.05, 0.1) is 16.5 Å². The molecule has 9 heteroatoms. The first kappa shape index (κ1) is 23.3. The van der Waals surface area contributed by atoms with Crippen molar-refractivity contribution in [3.63, 3.8) is 0 Å². The summed E-state index contributed by atoms with van der Waals surface area (Å²) in [7, 11) is 0. The second-order valence-corrected chi connectivity index (χ2v) is 11.0. The topological polar surface area (TPSA) is 97.4 Å². The molecule has 0 aliphatic carbocycles. The zero-order valence-electron chi connectivity index (χ0n) is 20.0. The number of aliphatic carboxylic acids is 1. The van der Waals surface area contributed by atoms with Crippen LogP contribution in [0.3, 0.4) is 0 Å². The van der Waals surface area contributed by atoms with Crippen molar-refractivity contribution in [2.45, 2.75) is 40.7 Å². The number of hydrogen-bond donors (Lipinski definition) is 1. The highest BCUT2D eigenvalue weighted by Gasteiger charge is 2.36. The van der Waals surface area contributed by atoms with Crippen molar-refractivity contribution in [1.29, 1.82) is 0 Å². The number of aryl methyl sites for hydroxylation is 2. The fraction of sp³-hybridized carbons (Fsp3) is 0.269. The molecule has 0 amide bonds. The van der Waals surface area contributed by atoms with Crippen LogP contribution in [0.1, 0.15) is 62.8 Å². The summed E-state index contributed by atoms with van der Waals surface area (Å²) in [4.78, 5) is 31.7. The van der Waals surface area contributed by atoms with Gasteiger partial charge in [-0.25, -0.2) is 0 Å². The van der Waals surface area contributed by atoms with Gasteiger partial charge in [-0.2, -0.15) is 0 Å². The molecule has 0 saturated heterocycles. The number of rotatable bonds is 5. The molecule has 1 N–H and O–H groups in total. The molecule has 35 heavy (non-hydrogen) atoms. The minimum absolute atomic E-state index is 0.0578. The van der Waals surface area contributed by atoms with Crippen LogP contribution in [0.15, 0.2) is 41.4 Å². The highest BCUT2D eigenvalue weighted by molar-refractivity contribution is 7.17. The number of carbonyl (C=O) groups is 2. The molecule has 178 valence electrons. The fourth-order valence-corrected chi connectivity index (χ4v) is 6.41. The molecule has 0 fully saturated rings. The van der Waals surface area contributed by atoms with Gasteiger partial charge in [-0.3, -0.25) is 19.1 Å². The first-order chi connectivity index (χ1) is 16.7. The van der Waals surface area contributed by atoms with E-state index in [9.17, 15) is 14.7 Å². The quantitative estimate of drug-likeness (QED) is 0.347. The Kier molecular flexibility index (Phi) is 5.77. The van der Waals surface area contributed by atoms with E-state index in [4.69, 9.17) is 4.99 Å². The van der Waals surface area contributed by atoms with Gasteiger partial charge in [-0.1, -0.05) is 24.3 Å². The summed E-state index contributed by atoms with van der Waals surface area (Å²) in [6.07, 6.45) is 0. The zero-order valence-corrected chi connectivity index (χ0v) is 21.6. The number of aromatic nitrogens is 3. The Morgan fingerprint density at radius 2 is 1.69 bits per heavy atom. The van der Waals surface area contributed by atoms with E-state index >= 15 is 0 Å². The molecule has 0 radical (unpaired) electrons. The Balaban J connectivity index is 1.68. The molecular formula is C26H24N4O3S2. The number of aliphatic imine (C=N–C) groups is 1. The minimum atomic E-state index is -0.933. The lowest BCUT2D eigenvalue weighted by Crippen LogP contribution is -2.21. The third kappa shape index (κ3) is 3.84. The molecule has 2 atom stereocenters. The Morgan fingerprint density at radius 1 is 1.00 bits per heavy atom. The number of benzene rings is 1. The summed E-state index contributed by atoms with van der Waals surface area (Å²) in [5.74, 6) is -0.406. The number of carbonyl (C=O) groups excluding carboxylic acids is 1. The normalized spacial score (nSPS) is 15.7.